The molecular weight excluding hydrogens is 226 g/mol. The van der Waals surface area contributed by atoms with Gasteiger partial charge in [-0.15, -0.1) is 0 Å². The van der Waals surface area contributed by atoms with Gasteiger partial charge < -0.3 is 9.84 Å². The van der Waals surface area contributed by atoms with Crippen molar-refractivity contribution >= 4 is 0 Å². The van der Waals surface area contributed by atoms with Gasteiger partial charge in [-0.05, 0) is 37.4 Å². The fourth-order valence-electron chi connectivity index (χ4n) is 3.07. The summed E-state index contributed by atoms with van der Waals surface area (Å²) in [4.78, 5) is 2.42. The van der Waals surface area contributed by atoms with E-state index in [0.29, 0.717) is 18.6 Å². The average Bonchev–Trinajstić information content (AvgIpc) is 2.95. The van der Waals surface area contributed by atoms with Crippen LogP contribution in [0.2, 0.25) is 0 Å². The van der Waals surface area contributed by atoms with Gasteiger partial charge in [0.05, 0.1) is 0 Å². The zero-order valence-corrected chi connectivity index (χ0v) is 10.9. The second-order valence-corrected chi connectivity index (χ2v) is 5.65. The van der Waals surface area contributed by atoms with Crippen LogP contribution in [-0.4, -0.2) is 42.4 Å². The molecule has 2 unspecified atom stereocenters. The van der Waals surface area contributed by atoms with Gasteiger partial charge in [0.25, 0.3) is 0 Å². The highest BCUT2D eigenvalue weighted by atomic mass is 16.5. The maximum Gasteiger partial charge on any atom is 0.123 e. The Balaban J connectivity index is 1.58. The zero-order valence-electron chi connectivity index (χ0n) is 10.9. The van der Waals surface area contributed by atoms with Crippen LogP contribution in [0.4, 0.5) is 0 Å². The van der Waals surface area contributed by atoms with Crippen LogP contribution >= 0.6 is 0 Å². The number of rotatable bonds is 3. The Morgan fingerprint density at radius 2 is 2.33 bits per heavy atom. The van der Waals surface area contributed by atoms with Crippen LogP contribution in [0.15, 0.2) is 18.2 Å². The molecule has 0 amide bonds. The zero-order chi connectivity index (χ0) is 12.5. The van der Waals surface area contributed by atoms with Gasteiger partial charge in [-0.25, -0.2) is 0 Å². The minimum absolute atomic E-state index is 0.291. The quantitative estimate of drug-likeness (QED) is 0.881. The van der Waals surface area contributed by atoms with Crippen LogP contribution in [0.3, 0.4) is 0 Å². The Morgan fingerprint density at radius 3 is 3.11 bits per heavy atom. The van der Waals surface area contributed by atoms with E-state index in [4.69, 9.17) is 9.84 Å². The number of aliphatic hydroxyl groups excluding tert-OH is 1. The molecule has 0 aromatic heterocycles. The van der Waals surface area contributed by atoms with E-state index in [1.165, 1.54) is 11.1 Å². The van der Waals surface area contributed by atoms with Crippen LogP contribution in [0.1, 0.15) is 17.5 Å². The lowest BCUT2D eigenvalue weighted by molar-refractivity contribution is 0.158. The predicted molar refractivity (Wildman–Crippen MR) is 70.9 cm³/mol. The Hall–Kier alpha value is -1.06. The van der Waals surface area contributed by atoms with Crippen LogP contribution in [-0.2, 0) is 6.42 Å². The molecule has 1 aromatic rings. The number of fused-ring (bicyclic) bond motifs is 1. The molecule has 3 heteroatoms. The van der Waals surface area contributed by atoms with Gasteiger partial charge in [0.15, 0.2) is 0 Å². The molecule has 18 heavy (non-hydrogen) atoms. The molecule has 1 saturated heterocycles. The molecule has 98 valence electrons. The second-order valence-electron chi connectivity index (χ2n) is 5.65. The second kappa shape index (κ2) is 4.90. The number of ether oxygens (including phenoxy) is 1. The van der Waals surface area contributed by atoms with E-state index in [1.807, 2.05) is 0 Å². The van der Waals surface area contributed by atoms with Crippen molar-refractivity contribution in [3.63, 3.8) is 0 Å². The van der Waals surface area contributed by atoms with Gasteiger partial charge in [0.1, 0.15) is 11.9 Å². The van der Waals surface area contributed by atoms with Crippen LogP contribution < -0.4 is 4.74 Å². The third-order valence-electron chi connectivity index (χ3n) is 4.05. The van der Waals surface area contributed by atoms with Crippen molar-refractivity contribution in [1.29, 1.82) is 0 Å². The maximum atomic E-state index is 9.16. The van der Waals surface area contributed by atoms with Crippen molar-refractivity contribution in [3.8, 4) is 5.75 Å². The molecule has 0 spiro atoms. The van der Waals surface area contributed by atoms with Crippen LogP contribution in [0, 0.1) is 12.8 Å². The van der Waals surface area contributed by atoms with E-state index < -0.39 is 0 Å². The number of aliphatic hydroxyl groups is 1. The van der Waals surface area contributed by atoms with Gasteiger partial charge in [-0.1, -0.05) is 17.7 Å². The van der Waals surface area contributed by atoms with Crippen molar-refractivity contribution in [2.45, 2.75) is 25.9 Å². The highest BCUT2D eigenvalue weighted by molar-refractivity contribution is 5.40. The number of benzene rings is 1. The Bertz CT molecular complexity index is 433. The fraction of sp³-hybridized carbons (Fsp3) is 0.600. The molecule has 1 N–H and O–H groups in total. The van der Waals surface area contributed by atoms with E-state index in [1.54, 1.807) is 0 Å². The first-order valence-electron chi connectivity index (χ1n) is 6.84. The highest BCUT2D eigenvalue weighted by Crippen LogP contribution is 2.30. The van der Waals surface area contributed by atoms with Gasteiger partial charge in [-0.3, -0.25) is 4.90 Å². The van der Waals surface area contributed by atoms with Crippen molar-refractivity contribution in [1.82, 2.24) is 4.90 Å². The molecule has 0 radical (unpaired) electrons. The van der Waals surface area contributed by atoms with Gasteiger partial charge in [0.2, 0.25) is 0 Å². The van der Waals surface area contributed by atoms with Crippen molar-refractivity contribution in [3.05, 3.63) is 29.3 Å². The van der Waals surface area contributed by atoms with E-state index >= 15 is 0 Å². The maximum absolute atomic E-state index is 9.16. The van der Waals surface area contributed by atoms with Gasteiger partial charge in [-0.2, -0.15) is 0 Å². The lowest BCUT2D eigenvalue weighted by Gasteiger charge is -2.20. The first-order chi connectivity index (χ1) is 8.74. The Labute approximate surface area is 108 Å². The summed E-state index contributed by atoms with van der Waals surface area (Å²) < 4.78 is 5.99. The summed E-state index contributed by atoms with van der Waals surface area (Å²) in [6.07, 6.45) is 2.44. The molecule has 2 aliphatic rings. The summed E-state index contributed by atoms with van der Waals surface area (Å²) in [5, 5.41) is 9.16. The monoisotopic (exact) mass is 247 g/mol. The van der Waals surface area contributed by atoms with Gasteiger partial charge in [0, 0.05) is 26.1 Å². The molecule has 3 nitrogen and oxygen atoms in total. The number of hydrogen-bond acceptors (Lipinski definition) is 3. The van der Waals surface area contributed by atoms with E-state index in [2.05, 4.69) is 30.0 Å². The van der Waals surface area contributed by atoms with Crippen molar-refractivity contribution in [2.24, 2.45) is 5.92 Å². The molecule has 1 fully saturated rings. The Kier molecular flexibility index (Phi) is 3.27. The number of hydrogen-bond donors (Lipinski definition) is 1. The molecule has 2 heterocycles. The lowest BCUT2D eigenvalue weighted by Crippen LogP contribution is -2.33. The number of likely N-dealkylation sites (tertiary alicyclic amines) is 1. The SMILES string of the molecule is Cc1ccc2c(c1)CC(CN1CCC(CO)C1)O2. The summed E-state index contributed by atoms with van der Waals surface area (Å²) in [6, 6.07) is 6.43. The summed E-state index contributed by atoms with van der Waals surface area (Å²) >= 11 is 0. The van der Waals surface area contributed by atoms with E-state index in [9.17, 15) is 0 Å². The predicted octanol–water partition coefficient (Wildman–Crippen LogP) is 1.61. The molecule has 2 aliphatic heterocycles. The Morgan fingerprint density at radius 1 is 1.44 bits per heavy atom. The molecule has 0 bridgehead atoms. The molecule has 1 aromatic carbocycles. The smallest absolute Gasteiger partial charge is 0.123 e. The molecular formula is C15H21NO2. The highest BCUT2D eigenvalue weighted by Gasteiger charge is 2.28. The largest absolute Gasteiger partial charge is 0.488 e. The topological polar surface area (TPSA) is 32.7 Å². The molecule has 0 aliphatic carbocycles. The number of aryl methyl sites for hydroxylation is 1. The van der Waals surface area contributed by atoms with Crippen molar-refractivity contribution < 1.29 is 9.84 Å². The molecule has 2 atom stereocenters. The molecule has 0 saturated carbocycles. The summed E-state index contributed by atoms with van der Waals surface area (Å²) in [5.41, 5.74) is 2.65. The van der Waals surface area contributed by atoms with E-state index in [0.717, 1.165) is 38.2 Å². The number of nitrogens with zero attached hydrogens (tertiary/aromatic N) is 1. The fourth-order valence-corrected chi connectivity index (χ4v) is 3.07. The standard InChI is InChI=1S/C15H21NO2/c1-11-2-3-15-13(6-11)7-14(18-15)9-16-5-4-12(8-16)10-17/h2-3,6,12,14,17H,4-5,7-10H2,1H3. The normalized spacial score (nSPS) is 27.2. The van der Waals surface area contributed by atoms with E-state index in [-0.39, 0.29) is 0 Å². The molecule has 3 rings (SSSR count). The van der Waals surface area contributed by atoms with Crippen LogP contribution in [0.5, 0.6) is 5.75 Å². The van der Waals surface area contributed by atoms with Crippen molar-refractivity contribution in [2.75, 3.05) is 26.2 Å². The summed E-state index contributed by atoms with van der Waals surface area (Å²) in [5.74, 6) is 1.53. The third kappa shape index (κ3) is 2.38. The first-order valence-corrected chi connectivity index (χ1v) is 6.84. The summed E-state index contributed by atoms with van der Waals surface area (Å²) in [6.45, 7) is 5.55. The van der Waals surface area contributed by atoms with Crippen LogP contribution in [0.25, 0.3) is 0 Å². The van der Waals surface area contributed by atoms with Gasteiger partial charge >= 0.3 is 0 Å². The minimum atomic E-state index is 0.291. The lowest BCUT2D eigenvalue weighted by atomic mass is 10.1. The summed E-state index contributed by atoms with van der Waals surface area (Å²) in [7, 11) is 0. The minimum Gasteiger partial charge on any atom is -0.488 e. The average molecular weight is 247 g/mol. The third-order valence-corrected chi connectivity index (χ3v) is 4.05. The first kappa shape index (κ1) is 12.0.